The number of hydrogen-bond donors (Lipinski definition) is 0. The number of unbranched alkanes of at least 4 members (excludes halogenated alkanes) is 15. The highest BCUT2D eigenvalue weighted by atomic mass is 79.9. The molecule has 0 unspecified atom stereocenters. The average Bonchev–Trinajstić information content (AvgIpc) is 2.74. The molecule has 0 aliphatic rings. The fraction of sp³-hybridized carbons (Fsp3) is 0.929. The van der Waals surface area contributed by atoms with Crippen LogP contribution in [0.2, 0.25) is 0 Å². The third-order valence-corrected chi connectivity index (χ3v) is 11.8. The van der Waals surface area contributed by atoms with Crippen LogP contribution in [-0.4, -0.2) is 24.6 Å². The SMILES string of the molecule is C=CCC[P+](CCCCCCCC)(CCCCCCCC)CCCCCCCC.[Br-]. The second-order valence-electron chi connectivity index (χ2n) is 9.62. The zero-order valence-corrected chi connectivity index (χ0v) is 23.9. The second-order valence-corrected chi connectivity index (χ2v) is 14.1. The minimum atomic E-state index is -0.751. The van der Waals surface area contributed by atoms with Gasteiger partial charge in [-0.3, -0.25) is 0 Å². The van der Waals surface area contributed by atoms with Crippen LogP contribution in [0, 0.1) is 0 Å². The molecule has 0 fully saturated rings. The van der Waals surface area contributed by atoms with E-state index in [1.54, 1.807) is 18.5 Å². The van der Waals surface area contributed by atoms with Crippen LogP contribution >= 0.6 is 7.26 Å². The van der Waals surface area contributed by atoms with Crippen molar-refractivity contribution in [2.75, 3.05) is 24.6 Å². The van der Waals surface area contributed by atoms with Crippen LogP contribution in [-0.2, 0) is 0 Å². The Morgan fingerprint density at radius 1 is 0.467 bits per heavy atom. The molecule has 0 amide bonds. The molecule has 0 aromatic heterocycles. The number of rotatable bonds is 24. The Hall–Kier alpha value is 0.650. The summed E-state index contributed by atoms with van der Waals surface area (Å²) in [7, 11) is -0.751. The van der Waals surface area contributed by atoms with Crippen molar-refractivity contribution in [3.8, 4) is 0 Å². The molecule has 182 valence electrons. The van der Waals surface area contributed by atoms with Crippen molar-refractivity contribution in [1.82, 2.24) is 0 Å². The van der Waals surface area contributed by atoms with Gasteiger partial charge in [0.2, 0.25) is 0 Å². The molecule has 30 heavy (non-hydrogen) atoms. The van der Waals surface area contributed by atoms with Crippen molar-refractivity contribution >= 4 is 7.26 Å². The minimum Gasteiger partial charge on any atom is -1.00 e. The first-order valence-corrected chi connectivity index (χ1v) is 16.2. The van der Waals surface area contributed by atoms with Gasteiger partial charge in [-0.15, -0.1) is 6.58 Å². The average molecular weight is 506 g/mol. The molecule has 0 aromatic rings. The highest BCUT2D eigenvalue weighted by molar-refractivity contribution is 7.75. The summed E-state index contributed by atoms with van der Waals surface area (Å²) in [6, 6.07) is 0. The van der Waals surface area contributed by atoms with E-state index >= 15 is 0 Å². The molecule has 0 atom stereocenters. The molecule has 0 spiro atoms. The van der Waals surface area contributed by atoms with Crippen molar-refractivity contribution in [2.24, 2.45) is 0 Å². The van der Waals surface area contributed by atoms with Crippen LogP contribution in [0.25, 0.3) is 0 Å². The topological polar surface area (TPSA) is 0 Å². The first-order valence-electron chi connectivity index (χ1n) is 13.7. The van der Waals surface area contributed by atoms with Crippen molar-refractivity contribution in [1.29, 1.82) is 0 Å². The zero-order chi connectivity index (χ0) is 21.5. The van der Waals surface area contributed by atoms with Gasteiger partial charge in [0.15, 0.2) is 0 Å². The Kier molecular flexibility index (Phi) is 28.3. The molecular weight excluding hydrogens is 447 g/mol. The lowest BCUT2D eigenvalue weighted by molar-refractivity contribution is -0.00000659. The van der Waals surface area contributed by atoms with E-state index in [9.17, 15) is 0 Å². The molecule has 0 aliphatic carbocycles. The van der Waals surface area contributed by atoms with Crippen LogP contribution in [0.3, 0.4) is 0 Å². The van der Waals surface area contributed by atoms with Crippen LogP contribution in [0.1, 0.15) is 143 Å². The molecule has 0 aromatic carbocycles. The lowest BCUT2D eigenvalue weighted by Gasteiger charge is -2.28. The van der Waals surface area contributed by atoms with Gasteiger partial charge in [-0.25, -0.2) is 0 Å². The predicted molar refractivity (Wildman–Crippen MR) is 141 cm³/mol. The van der Waals surface area contributed by atoms with E-state index in [-0.39, 0.29) is 17.0 Å². The summed E-state index contributed by atoms with van der Waals surface area (Å²) in [4.78, 5) is 0. The number of hydrogen-bond acceptors (Lipinski definition) is 0. The van der Waals surface area contributed by atoms with Crippen LogP contribution in [0.5, 0.6) is 0 Å². The maximum absolute atomic E-state index is 4.07. The van der Waals surface area contributed by atoms with Gasteiger partial charge in [-0.05, 0) is 44.9 Å². The van der Waals surface area contributed by atoms with Gasteiger partial charge < -0.3 is 17.0 Å². The lowest BCUT2D eigenvalue weighted by Crippen LogP contribution is -3.00. The fourth-order valence-corrected chi connectivity index (χ4v) is 9.47. The fourth-order valence-electron chi connectivity index (χ4n) is 4.72. The maximum atomic E-state index is 4.07. The van der Waals surface area contributed by atoms with E-state index in [1.165, 1.54) is 128 Å². The maximum Gasteiger partial charge on any atom is 0.0628 e. The molecule has 0 heterocycles. The molecule has 0 nitrogen and oxygen atoms in total. The summed E-state index contributed by atoms with van der Waals surface area (Å²) >= 11 is 0. The molecule has 2 heteroatoms. The van der Waals surface area contributed by atoms with Crippen molar-refractivity contribution < 1.29 is 17.0 Å². The van der Waals surface area contributed by atoms with Gasteiger partial charge in [0.25, 0.3) is 0 Å². The third kappa shape index (κ3) is 20.5. The van der Waals surface area contributed by atoms with Crippen LogP contribution in [0.15, 0.2) is 12.7 Å². The van der Waals surface area contributed by atoms with Gasteiger partial charge in [-0.2, -0.15) is 0 Å². The van der Waals surface area contributed by atoms with E-state index in [0.717, 1.165) is 0 Å². The Morgan fingerprint density at radius 2 is 0.767 bits per heavy atom. The van der Waals surface area contributed by atoms with E-state index in [4.69, 9.17) is 0 Å². The molecule has 0 aliphatic heterocycles. The highest BCUT2D eigenvalue weighted by Gasteiger charge is 2.34. The van der Waals surface area contributed by atoms with Crippen LogP contribution < -0.4 is 17.0 Å². The first kappa shape index (κ1) is 32.8. The Morgan fingerprint density at radius 3 is 1.07 bits per heavy atom. The zero-order valence-electron chi connectivity index (χ0n) is 21.4. The molecule has 0 saturated carbocycles. The molecule has 0 saturated heterocycles. The van der Waals surface area contributed by atoms with Gasteiger partial charge in [-0.1, -0.05) is 104 Å². The van der Waals surface area contributed by atoms with Gasteiger partial charge in [0.05, 0.1) is 24.6 Å². The molecule has 0 radical (unpaired) electrons. The Balaban J connectivity index is 0. The second kappa shape index (κ2) is 25.9. The smallest absolute Gasteiger partial charge is 0.0628 e. The quantitative estimate of drug-likeness (QED) is 0.0717. The minimum absolute atomic E-state index is 0. The standard InChI is InChI=1S/C28H58P.BrH/c1-5-9-13-16-19-22-26-29(25-12-8-4,27-23-20-17-14-10-6-2)28-24-21-18-15-11-7-3;/h8H,4-7,9-28H2,1-3H3;1H/q+1;/p-1. The van der Waals surface area contributed by atoms with Gasteiger partial charge >= 0.3 is 0 Å². The van der Waals surface area contributed by atoms with Gasteiger partial charge in [0, 0.05) is 7.26 Å². The van der Waals surface area contributed by atoms with E-state index in [1.807, 2.05) is 0 Å². The summed E-state index contributed by atoms with van der Waals surface area (Å²) in [6.45, 7) is 11.1. The van der Waals surface area contributed by atoms with E-state index < -0.39 is 7.26 Å². The van der Waals surface area contributed by atoms with Crippen molar-refractivity contribution in [3.63, 3.8) is 0 Å². The van der Waals surface area contributed by atoms with E-state index in [0.29, 0.717) is 0 Å². The van der Waals surface area contributed by atoms with Gasteiger partial charge in [0.1, 0.15) is 0 Å². The monoisotopic (exact) mass is 504 g/mol. The Labute approximate surface area is 204 Å². The predicted octanol–water partition coefficient (Wildman–Crippen LogP) is 7.67. The Bertz CT molecular complexity index is 288. The van der Waals surface area contributed by atoms with E-state index in [2.05, 4.69) is 33.4 Å². The molecule has 0 N–H and O–H groups in total. The summed E-state index contributed by atoms with van der Waals surface area (Å²) in [5, 5.41) is 0. The number of halogens is 1. The summed E-state index contributed by atoms with van der Waals surface area (Å²) in [5.74, 6) is 0. The van der Waals surface area contributed by atoms with Crippen molar-refractivity contribution in [3.05, 3.63) is 12.7 Å². The van der Waals surface area contributed by atoms with Crippen LogP contribution in [0.4, 0.5) is 0 Å². The third-order valence-electron chi connectivity index (χ3n) is 6.77. The molecule has 0 bridgehead atoms. The normalized spacial score (nSPS) is 11.4. The number of allylic oxidation sites excluding steroid dienone is 1. The summed E-state index contributed by atoms with van der Waals surface area (Å²) < 4.78 is 0. The first-order chi connectivity index (χ1) is 14.2. The molecular formula is C28H58BrP. The summed E-state index contributed by atoms with van der Waals surface area (Å²) in [6.07, 6.45) is 36.0. The summed E-state index contributed by atoms with van der Waals surface area (Å²) in [5.41, 5.74) is 0. The molecule has 0 rings (SSSR count). The highest BCUT2D eigenvalue weighted by Crippen LogP contribution is 2.61. The largest absolute Gasteiger partial charge is 1.00 e. The lowest BCUT2D eigenvalue weighted by atomic mass is 10.1. The van der Waals surface area contributed by atoms with Crippen molar-refractivity contribution in [2.45, 2.75) is 143 Å².